The lowest BCUT2D eigenvalue weighted by molar-refractivity contribution is -0.142. The second-order valence-corrected chi connectivity index (χ2v) is 7.10. The van der Waals surface area contributed by atoms with Crippen molar-refractivity contribution >= 4 is 29.6 Å². The highest BCUT2D eigenvalue weighted by Gasteiger charge is 2.19. The molecule has 0 saturated carbocycles. The van der Waals surface area contributed by atoms with Crippen molar-refractivity contribution in [3.8, 4) is 0 Å². The van der Waals surface area contributed by atoms with Gasteiger partial charge in [-0.25, -0.2) is 4.79 Å². The molecule has 0 spiro atoms. The van der Waals surface area contributed by atoms with E-state index in [4.69, 9.17) is 4.74 Å². The summed E-state index contributed by atoms with van der Waals surface area (Å²) < 4.78 is 5.15. The third kappa shape index (κ3) is 10.0. The molecule has 0 heterocycles. The zero-order chi connectivity index (χ0) is 19.4. The van der Waals surface area contributed by atoms with E-state index in [0.29, 0.717) is 12.3 Å². The van der Waals surface area contributed by atoms with Gasteiger partial charge in [-0.2, -0.15) is 11.8 Å². The highest BCUT2D eigenvalue weighted by Crippen LogP contribution is 2.08. The Kier molecular flexibility index (Phi) is 10.4. The van der Waals surface area contributed by atoms with Crippen LogP contribution in [0, 0.1) is 0 Å². The molecule has 1 aromatic carbocycles. The molecule has 1 rings (SSSR count). The van der Waals surface area contributed by atoms with Gasteiger partial charge >= 0.3 is 11.9 Å². The van der Waals surface area contributed by atoms with Gasteiger partial charge in [-0.05, 0) is 31.8 Å². The predicted molar refractivity (Wildman–Crippen MR) is 101 cm³/mol. The number of amides is 1. The molecular weight excluding hydrogens is 356 g/mol. The van der Waals surface area contributed by atoms with Gasteiger partial charge in [0.05, 0.1) is 5.75 Å². The standard InChI is InChI=1S/C18H26N2O5S/c1-20(2)10-8-16(21)19-15(18(23)24)9-11-26-13-17(22)25-12-14-6-4-3-5-7-14/h3-7,15H,8-13H2,1-2H3,(H,19,21)(H,23,24)/t15-/m0/s1. The molecule has 1 amide bonds. The van der Waals surface area contributed by atoms with Gasteiger partial charge in [0, 0.05) is 13.0 Å². The molecule has 7 nitrogen and oxygen atoms in total. The van der Waals surface area contributed by atoms with Gasteiger partial charge in [0.25, 0.3) is 0 Å². The van der Waals surface area contributed by atoms with Crippen molar-refractivity contribution in [3.63, 3.8) is 0 Å². The van der Waals surface area contributed by atoms with Crippen LogP contribution in [0.2, 0.25) is 0 Å². The number of aliphatic carboxylic acids is 1. The van der Waals surface area contributed by atoms with Gasteiger partial charge in [-0.3, -0.25) is 9.59 Å². The van der Waals surface area contributed by atoms with Crippen molar-refractivity contribution in [2.24, 2.45) is 0 Å². The maximum atomic E-state index is 11.7. The summed E-state index contributed by atoms with van der Waals surface area (Å²) in [5.74, 6) is -1.13. The molecule has 0 radical (unpaired) electrons. The smallest absolute Gasteiger partial charge is 0.326 e. The molecule has 1 atom stereocenters. The van der Waals surface area contributed by atoms with E-state index in [1.807, 2.05) is 49.3 Å². The Morgan fingerprint density at radius 2 is 1.92 bits per heavy atom. The van der Waals surface area contributed by atoms with E-state index in [1.54, 1.807) is 0 Å². The molecule has 1 aromatic rings. The lowest BCUT2D eigenvalue weighted by Gasteiger charge is -2.15. The molecule has 0 fully saturated rings. The average Bonchev–Trinajstić information content (AvgIpc) is 2.61. The molecule has 0 aromatic heterocycles. The number of benzene rings is 1. The molecule has 26 heavy (non-hydrogen) atoms. The molecule has 2 N–H and O–H groups in total. The number of hydrogen-bond acceptors (Lipinski definition) is 6. The largest absolute Gasteiger partial charge is 0.480 e. The zero-order valence-electron chi connectivity index (χ0n) is 15.1. The van der Waals surface area contributed by atoms with Crippen molar-refractivity contribution in [1.29, 1.82) is 0 Å². The van der Waals surface area contributed by atoms with Crippen molar-refractivity contribution < 1.29 is 24.2 Å². The number of nitrogens with one attached hydrogen (secondary N) is 1. The number of carboxylic acid groups (broad SMARTS) is 1. The first kappa shape index (κ1) is 22.0. The van der Waals surface area contributed by atoms with Crippen LogP contribution >= 0.6 is 11.8 Å². The highest BCUT2D eigenvalue weighted by atomic mass is 32.2. The number of ether oxygens (including phenoxy) is 1. The van der Waals surface area contributed by atoms with Gasteiger partial charge in [-0.15, -0.1) is 0 Å². The van der Waals surface area contributed by atoms with Gasteiger partial charge in [0.15, 0.2) is 0 Å². The van der Waals surface area contributed by atoms with Crippen LogP contribution in [0.25, 0.3) is 0 Å². The Balaban J connectivity index is 2.22. The van der Waals surface area contributed by atoms with Crippen molar-refractivity contribution in [2.75, 3.05) is 32.1 Å². The Morgan fingerprint density at radius 3 is 2.54 bits per heavy atom. The van der Waals surface area contributed by atoms with Crippen LogP contribution < -0.4 is 5.32 Å². The summed E-state index contributed by atoms with van der Waals surface area (Å²) in [6.07, 6.45) is 0.495. The van der Waals surface area contributed by atoms with E-state index >= 15 is 0 Å². The fraction of sp³-hybridized carbons (Fsp3) is 0.500. The summed E-state index contributed by atoms with van der Waals surface area (Å²) in [5, 5.41) is 11.7. The van der Waals surface area contributed by atoms with Crippen LogP contribution in [0.3, 0.4) is 0 Å². The number of esters is 1. The lowest BCUT2D eigenvalue weighted by Crippen LogP contribution is -2.42. The average molecular weight is 382 g/mol. The van der Waals surface area contributed by atoms with Gasteiger partial charge < -0.3 is 20.1 Å². The normalized spacial score (nSPS) is 11.8. The minimum absolute atomic E-state index is 0.147. The van der Waals surface area contributed by atoms with Crippen molar-refractivity contribution in [1.82, 2.24) is 10.2 Å². The van der Waals surface area contributed by atoms with Crippen LogP contribution in [-0.2, 0) is 25.7 Å². The van der Waals surface area contributed by atoms with E-state index in [0.717, 1.165) is 5.56 Å². The summed E-state index contributed by atoms with van der Waals surface area (Å²) >= 11 is 1.29. The van der Waals surface area contributed by atoms with Gasteiger partial charge in [-0.1, -0.05) is 30.3 Å². The number of thioether (sulfide) groups is 1. The molecular formula is C18H26N2O5S. The van der Waals surface area contributed by atoms with Gasteiger partial charge in [0.1, 0.15) is 12.6 Å². The molecule has 144 valence electrons. The van der Waals surface area contributed by atoms with E-state index in [9.17, 15) is 19.5 Å². The van der Waals surface area contributed by atoms with Crippen molar-refractivity contribution in [3.05, 3.63) is 35.9 Å². The molecule has 0 saturated heterocycles. The topological polar surface area (TPSA) is 95.9 Å². The maximum Gasteiger partial charge on any atom is 0.326 e. The number of carboxylic acids is 1. The Labute approximate surface area is 158 Å². The minimum Gasteiger partial charge on any atom is -0.480 e. The molecule has 0 bridgehead atoms. The first-order chi connectivity index (χ1) is 12.4. The third-order valence-electron chi connectivity index (χ3n) is 3.43. The summed E-state index contributed by atoms with van der Waals surface area (Å²) in [4.78, 5) is 36.5. The summed E-state index contributed by atoms with van der Waals surface area (Å²) in [6, 6.07) is 8.43. The number of nitrogens with zero attached hydrogens (tertiary/aromatic N) is 1. The molecule has 0 aliphatic rings. The van der Waals surface area contributed by atoms with Gasteiger partial charge in [0.2, 0.25) is 5.91 Å². The summed E-state index contributed by atoms with van der Waals surface area (Å²) in [6.45, 7) is 0.778. The number of rotatable bonds is 12. The minimum atomic E-state index is -1.07. The summed E-state index contributed by atoms with van der Waals surface area (Å²) in [7, 11) is 3.69. The molecule has 8 heteroatoms. The number of hydrogen-bond donors (Lipinski definition) is 2. The van der Waals surface area contributed by atoms with Crippen LogP contribution in [-0.4, -0.2) is 66.0 Å². The Hall–Kier alpha value is -2.06. The van der Waals surface area contributed by atoms with Crippen LogP contribution in [0.5, 0.6) is 0 Å². The fourth-order valence-corrected chi connectivity index (χ4v) is 2.78. The number of carbonyl (C=O) groups is 3. The van der Waals surface area contributed by atoms with E-state index in [1.165, 1.54) is 11.8 Å². The Morgan fingerprint density at radius 1 is 1.23 bits per heavy atom. The van der Waals surface area contributed by atoms with Crippen LogP contribution in [0.1, 0.15) is 18.4 Å². The maximum absolute atomic E-state index is 11.7. The quantitative estimate of drug-likeness (QED) is 0.416. The monoisotopic (exact) mass is 382 g/mol. The zero-order valence-corrected chi connectivity index (χ0v) is 16.0. The third-order valence-corrected chi connectivity index (χ3v) is 4.40. The van der Waals surface area contributed by atoms with Crippen LogP contribution in [0.4, 0.5) is 0 Å². The second-order valence-electron chi connectivity index (χ2n) is 6.00. The second kappa shape index (κ2) is 12.3. The first-order valence-electron chi connectivity index (χ1n) is 8.32. The molecule has 0 aliphatic heterocycles. The van der Waals surface area contributed by atoms with Crippen LogP contribution in [0.15, 0.2) is 30.3 Å². The first-order valence-corrected chi connectivity index (χ1v) is 9.48. The molecule has 0 aliphatic carbocycles. The van der Waals surface area contributed by atoms with E-state index < -0.39 is 12.0 Å². The van der Waals surface area contributed by atoms with E-state index in [-0.39, 0.29) is 37.1 Å². The molecule has 0 unspecified atom stereocenters. The Bertz CT molecular complexity index is 580. The predicted octanol–water partition coefficient (Wildman–Crippen LogP) is 1.37. The summed E-state index contributed by atoms with van der Waals surface area (Å²) in [5.41, 5.74) is 0.914. The number of carbonyl (C=O) groups excluding carboxylic acids is 2. The van der Waals surface area contributed by atoms with E-state index in [2.05, 4.69) is 5.32 Å². The highest BCUT2D eigenvalue weighted by molar-refractivity contribution is 7.99. The fourth-order valence-electron chi connectivity index (χ4n) is 1.99. The SMILES string of the molecule is CN(C)CCC(=O)N[C@@H](CCSCC(=O)OCc1ccccc1)C(=O)O. The van der Waals surface area contributed by atoms with Crippen molar-refractivity contribution in [2.45, 2.75) is 25.5 Å². The lowest BCUT2D eigenvalue weighted by atomic mass is 10.2.